The summed E-state index contributed by atoms with van der Waals surface area (Å²) in [6, 6.07) is 0. The number of ether oxygens (including phenoxy) is 3. The minimum absolute atomic E-state index is 0.0636. The molecule has 1 unspecified atom stereocenters. The third-order valence-electron chi connectivity index (χ3n) is 15.0. The zero-order valence-corrected chi connectivity index (χ0v) is 49.0. The lowest BCUT2D eigenvalue weighted by Crippen LogP contribution is -2.30. The highest BCUT2D eigenvalue weighted by Crippen LogP contribution is 2.18. The Morgan fingerprint density at radius 3 is 0.694 bits per heavy atom. The summed E-state index contributed by atoms with van der Waals surface area (Å²) in [5.41, 5.74) is 0. The van der Waals surface area contributed by atoms with Crippen molar-refractivity contribution in [3.8, 4) is 0 Å². The van der Waals surface area contributed by atoms with E-state index in [1.165, 1.54) is 276 Å². The summed E-state index contributed by atoms with van der Waals surface area (Å²) in [4.78, 5) is 38.1. The van der Waals surface area contributed by atoms with Gasteiger partial charge in [-0.15, -0.1) is 0 Å². The lowest BCUT2D eigenvalue weighted by molar-refractivity contribution is -0.167. The molecule has 426 valence electrons. The van der Waals surface area contributed by atoms with Gasteiger partial charge in [0.05, 0.1) is 0 Å². The van der Waals surface area contributed by atoms with Gasteiger partial charge in [0, 0.05) is 19.3 Å². The van der Waals surface area contributed by atoms with Crippen LogP contribution in [-0.2, 0) is 28.6 Å². The van der Waals surface area contributed by atoms with Gasteiger partial charge in [-0.1, -0.05) is 322 Å². The number of carbonyl (C=O) groups excluding carboxylic acids is 3. The van der Waals surface area contributed by atoms with Crippen LogP contribution in [0.25, 0.3) is 0 Å². The first-order valence-electron chi connectivity index (χ1n) is 32.7. The van der Waals surface area contributed by atoms with E-state index in [0.717, 1.165) is 57.8 Å². The molecule has 0 bridgehead atoms. The highest BCUT2D eigenvalue weighted by molar-refractivity contribution is 5.71. The highest BCUT2D eigenvalue weighted by atomic mass is 16.6. The van der Waals surface area contributed by atoms with Crippen molar-refractivity contribution in [3.05, 3.63) is 12.2 Å². The fourth-order valence-corrected chi connectivity index (χ4v) is 10.1. The second kappa shape index (κ2) is 61.7. The Bertz CT molecular complexity index is 1120. The van der Waals surface area contributed by atoms with Gasteiger partial charge in [-0.25, -0.2) is 0 Å². The van der Waals surface area contributed by atoms with E-state index in [0.29, 0.717) is 19.3 Å². The molecule has 1 atom stereocenters. The van der Waals surface area contributed by atoms with Crippen molar-refractivity contribution in [2.45, 2.75) is 380 Å². The van der Waals surface area contributed by atoms with Gasteiger partial charge in [-0.2, -0.15) is 0 Å². The van der Waals surface area contributed by atoms with Gasteiger partial charge in [0.25, 0.3) is 0 Å². The summed E-state index contributed by atoms with van der Waals surface area (Å²) in [6.45, 7) is 6.67. The molecular formula is C66H126O6. The molecule has 72 heavy (non-hydrogen) atoms. The standard InChI is InChI=1S/C66H126O6/c1-4-7-10-13-16-18-20-22-24-26-28-30-31-32-33-34-35-36-38-39-41-43-45-47-50-53-56-59-65(68)71-62-63(61-70-64(67)58-55-52-49-15-12-9-6-3)72-66(69)60-57-54-51-48-46-44-42-40-37-29-27-25-23-21-19-17-14-11-8-5-2/h26,28,63H,4-25,27,29-62H2,1-3H3/b28-26-. The molecule has 0 aromatic carbocycles. The molecule has 0 N–H and O–H groups in total. The molecule has 0 aromatic heterocycles. The molecule has 6 heteroatoms. The lowest BCUT2D eigenvalue weighted by Gasteiger charge is -2.18. The van der Waals surface area contributed by atoms with E-state index in [2.05, 4.69) is 32.9 Å². The van der Waals surface area contributed by atoms with E-state index >= 15 is 0 Å². The fourth-order valence-electron chi connectivity index (χ4n) is 10.1. The fraction of sp³-hybridized carbons (Fsp3) is 0.924. The van der Waals surface area contributed by atoms with Gasteiger partial charge < -0.3 is 14.2 Å². The Labute approximate surface area is 450 Å². The zero-order valence-electron chi connectivity index (χ0n) is 49.0. The van der Waals surface area contributed by atoms with E-state index in [1.807, 2.05) is 0 Å². The molecule has 0 rings (SSSR count). The van der Waals surface area contributed by atoms with Crippen LogP contribution in [0.1, 0.15) is 374 Å². The topological polar surface area (TPSA) is 78.9 Å². The Balaban J connectivity index is 4.03. The lowest BCUT2D eigenvalue weighted by atomic mass is 10.0. The first-order valence-corrected chi connectivity index (χ1v) is 32.7. The van der Waals surface area contributed by atoms with Gasteiger partial charge in [-0.05, 0) is 44.9 Å². The maximum absolute atomic E-state index is 12.9. The molecule has 0 aliphatic rings. The van der Waals surface area contributed by atoms with E-state index in [9.17, 15) is 14.4 Å². The minimum Gasteiger partial charge on any atom is -0.462 e. The molecule has 0 aliphatic heterocycles. The number of hydrogen-bond acceptors (Lipinski definition) is 6. The van der Waals surface area contributed by atoms with Gasteiger partial charge in [0.1, 0.15) is 13.2 Å². The quantitative estimate of drug-likeness (QED) is 0.0261. The second-order valence-corrected chi connectivity index (χ2v) is 22.4. The van der Waals surface area contributed by atoms with E-state index in [4.69, 9.17) is 14.2 Å². The molecule has 0 heterocycles. The molecule has 6 nitrogen and oxygen atoms in total. The summed E-state index contributed by atoms with van der Waals surface area (Å²) >= 11 is 0. The first-order chi connectivity index (χ1) is 35.5. The predicted octanol–water partition coefficient (Wildman–Crippen LogP) is 22.1. The van der Waals surface area contributed by atoms with Crippen molar-refractivity contribution in [2.75, 3.05) is 13.2 Å². The van der Waals surface area contributed by atoms with Crippen LogP contribution in [0, 0.1) is 0 Å². The molecule has 0 spiro atoms. The van der Waals surface area contributed by atoms with E-state index < -0.39 is 6.10 Å². The Morgan fingerprint density at radius 1 is 0.264 bits per heavy atom. The number of hydrogen-bond donors (Lipinski definition) is 0. The molecule has 0 fully saturated rings. The molecule has 0 saturated heterocycles. The average Bonchev–Trinajstić information content (AvgIpc) is 3.38. The number of unbranched alkanes of at least 4 members (excludes halogenated alkanes) is 48. The second-order valence-electron chi connectivity index (χ2n) is 22.4. The van der Waals surface area contributed by atoms with Crippen LogP contribution in [0.2, 0.25) is 0 Å². The van der Waals surface area contributed by atoms with Crippen LogP contribution >= 0.6 is 0 Å². The van der Waals surface area contributed by atoms with Crippen molar-refractivity contribution in [2.24, 2.45) is 0 Å². The monoisotopic (exact) mass is 1010 g/mol. The Morgan fingerprint density at radius 2 is 0.458 bits per heavy atom. The van der Waals surface area contributed by atoms with Crippen molar-refractivity contribution in [1.82, 2.24) is 0 Å². The average molecular weight is 1020 g/mol. The van der Waals surface area contributed by atoms with Gasteiger partial charge >= 0.3 is 17.9 Å². The Kier molecular flexibility index (Phi) is 60.1. The predicted molar refractivity (Wildman–Crippen MR) is 312 cm³/mol. The number of esters is 3. The highest BCUT2D eigenvalue weighted by Gasteiger charge is 2.19. The Hall–Kier alpha value is -1.85. The number of allylic oxidation sites excluding steroid dienone is 2. The van der Waals surface area contributed by atoms with Gasteiger partial charge in [0.2, 0.25) is 0 Å². The van der Waals surface area contributed by atoms with Crippen LogP contribution in [0.5, 0.6) is 0 Å². The van der Waals surface area contributed by atoms with Crippen molar-refractivity contribution in [3.63, 3.8) is 0 Å². The summed E-state index contributed by atoms with van der Waals surface area (Å²) in [5, 5.41) is 0. The summed E-state index contributed by atoms with van der Waals surface area (Å²) in [7, 11) is 0. The maximum atomic E-state index is 12.9. The van der Waals surface area contributed by atoms with E-state index in [1.54, 1.807) is 0 Å². The third kappa shape index (κ3) is 59.0. The van der Waals surface area contributed by atoms with Gasteiger partial charge in [-0.3, -0.25) is 14.4 Å². The zero-order chi connectivity index (χ0) is 52.2. The van der Waals surface area contributed by atoms with Crippen LogP contribution in [0.4, 0.5) is 0 Å². The normalized spacial score (nSPS) is 12.0. The maximum Gasteiger partial charge on any atom is 0.306 e. The molecule has 0 amide bonds. The molecule has 0 radical (unpaired) electrons. The smallest absolute Gasteiger partial charge is 0.306 e. The summed E-state index contributed by atoms with van der Waals surface area (Å²) in [5.74, 6) is -0.842. The van der Waals surface area contributed by atoms with Crippen LogP contribution in [0.3, 0.4) is 0 Å². The summed E-state index contributed by atoms with van der Waals surface area (Å²) < 4.78 is 16.9. The molecule has 0 aliphatic carbocycles. The van der Waals surface area contributed by atoms with Crippen LogP contribution in [0.15, 0.2) is 12.2 Å². The molecule has 0 saturated carbocycles. The van der Waals surface area contributed by atoms with Gasteiger partial charge in [0.15, 0.2) is 6.10 Å². The van der Waals surface area contributed by atoms with E-state index in [-0.39, 0.29) is 31.1 Å². The van der Waals surface area contributed by atoms with Crippen molar-refractivity contribution in [1.29, 1.82) is 0 Å². The molecular weight excluding hydrogens is 889 g/mol. The number of rotatable bonds is 61. The largest absolute Gasteiger partial charge is 0.462 e. The van der Waals surface area contributed by atoms with Crippen LogP contribution < -0.4 is 0 Å². The van der Waals surface area contributed by atoms with Crippen molar-refractivity contribution < 1.29 is 28.6 Å². The first kappa shape index (κ1) is 70.1. The minimum atomic E-state index is -0.763. The third-order valence-corrected chi connectivity index (χ3v) is 15.0. The van der Waals surface area contributed by atoms with Crippen molar-refractivity contribution >= 4 is 17.9 Å². The summed E-state index contributed by atoms with van der Waals surface area (Å²) in [6.07, 6.45) is 72.6. The van der Waals surface area contributed by atoms with Crippen LogP contribution in [-0.4, -0.2) is 37.2 Å². The SMILES string of the molecule is CCCCCCCCCC/C=C\CCCCCCCCCCCCCCCCCC(=O)OCC(COC(=O)CCCCCCCCC)OC(=O)CCCCCCCCCCCCCCCCCCCCCC. The number of carbonyl (C=O) groups is 3. The molecule has 0 aromatic rings.